The highest BCUT2D eigenvalue weighted by Crippen LogP contribution is 2.23. The minimum absolute atomic E-state index is 0.0309. The third kappa shape index (κ3) is 8.36. The van der Waals surface area contributed by atoms with E-state index in [0.29, 0.717) is 25.1 Å². The first-order chi connectivity index (χ1) is 17.0. The maximum atomic E-state index is 13.1. The van der Waals surface area contributed by atoms with Gasteiger partial charge in [-0.1, -0.05) is 70.1 Å². The van der Waals surface area contributed by atoms with Gasteiger partial charge in [0.05, 0.1) is 0 Å². The molecule has 1 heterocycles. The summed E-state index contributed by atoms with van der Waals surface area (Å²) in [5.74, 6) is 0.204. The highest BCUT2D eigenvalue weighted by Gasteiger charge is 2.32. The summed E-state index contributed by atoms with van der Waals surface area (Å²) in [5, 5.41) is 6.44. The predicted octanol–water partition coefficient (Wildman–Crippen LogP) is 5.14. The van der Waals surface area contributed by atoms with Crippen molar-refractivity contribution in [1.29, 1.82) is 0 Å². The number of piperidine rings is 1. The van der Waals surface area contributed by atoms with Crippen LogP contribution in [0, 0.1) is 12.8 Å². The van der Waals surface area contributed by atoms with E-state index in [4.69, 9.17) is 0 Å². The van der Waals surface area contributed by atoms with Gasteiger partial charge in [0.25, 0.3) is 5.91 Å². The van der Waals surface area contributed by atoms with Crippen molar-refractivity contribution in [3.8, 4) is 0 Å². The summed E-state index contributed by atoms with van der Waals surface area (Å²) in [4.78, 5) is 40.4. The third-order valence-electron chi connectivity index (χ3n) is 7.76. The minimum atomic E-state index is -0.0635. The zero-order valence-corrected chi connectivity index (χ0v) is 21.8. The van der Waals surface area contributed by atoms with Gasteiger partial charge < -0.3 is 15.5 Å². The van der Waals surface area contributed by atoms with Gasteiger partial charge in [-0.3, -0.25) is 14.4 Å². The molecular formula is C29H45N3O3. The van der Waals surface area contributed by atoms with Gasteiger partial charge in [0.1, 0.15) is 0 Å². The number of rotatable bonds is 11. The third-order valence-corrected chi connectivity index (χ3v) is 7.76. The number of carbonyl (C=O) groups excluding carboxylic acids is 3. The van der Waals surface area contributed by atoms with E-state index >= 15 is 0 Å². The summed E-state index contributed by atoms with van der Waals surface area (Å²) in [7, 11) is 0. The van der Waals surface area contributed by atoms with Gasteiger partial charge >= 0.3 is 0 Å². The number of likely N-dealkylation sites (tertiary alicyclic amines) is 1. The van der Waals surface area contributed by atoms with E-state index in [9.17, 15) is 14.4 Å². The molecule has 3 rings (SSSR count). The van der Waals surface area contributed by atoms with Crippen molar-refractivity contribution in [3.63, 3.8) is 0 Å². The highest BCUT2D eigenvalue weighted by atomic mass is 16.2. The summed E-state index contributed by atoms with van der Waals surface area (Å²) in [6.45, 7) is 5.50. The van der Waals surface area contributed by atoms with Crippen molar-refractivity contribution < 1.29 is 14.4 Å². The van der Waals surface area contributed by atoms with Crippen LogP contribution < -0.4 is 10.6 Å². The molecule has 2 N–H and O–H groups in total. The van der Waals surface area contributed by atoms with Gasteiger partial charge in [0, 0.05) is 43.1 Å². The van der Waals surface area contributed by atoms with Crippen LogP contribution in [-0.4, -0.2) is 47.8 Å². The molecule has 1 aliphatic carbocycles. The summed E-state index contributed by atoms with van der Waals surface area (Å²) >= 11 is 0. The van der Waals surface area contributed by atoms with E-state index < -0.39 is 0 Å². The number of unbranched alkanes of at least 4 members (excludes halogenated alkanes) is 5. The lowest BCUT2D eigenvalue weighted by Gasteiger charge is -2.36. The molecule has 1 aromatic carbocycles. The second-order valence-corrected chi connectivity index (χ2v) is 10.5. The summed E-state index contributed by atoms with van der Waals surface area (Å²) in [6, 6.07) is 7.54. The molecule has 0 spiro atoms. The van der Waals surface area contributed by atoms with Crippen molar-refractivity contribution in [2.24, 2.45) is 5.92 Å². The SMILES string of the molecule is CCCCCCCCC(=O)N1CCC(C(=O)N[C@@H]2CCCC[C@H]2NC(=O)c2ccccc2C)CC1. The monoisotopic (exact) mass is 483 g/mol. The molecule has 1 saturated carbocycles. The fourth-order valence-corrected chi connectivity index (χ4v) is 5.46. The molecule has 194 valence electrons. The summed E-state index contributed by atoms with van der Waals surface area (Å²) < 4.78 is 0. The predicted molar refractivity (Wildman–Crippen MR) is 140 cm³/mol. The van der Waals surface area contributed by atoms with Crippen molar-refractivity contribution >= 4 is 17.7 Å². The molecule has 0 bridgehead atoms. The van der Waals surface area contributed by atoms with E-state index in [-0.39, 0.29) is 35.7 Å². The second kappa shape index (κ2) is 14.3. The van der Waals surface area contributed by atoms with E-state index in [1.807, 2.05) is 36.1 Å². The Hall–Kier alpha value is -2.37. The molecule has 2 fully saturated rings. The molecule has 6 heteroatoms. The molecule has 3 amide bonds. The number of nitrogens with zero attached hydrogens (tertiary/aromatic N) is 1. The van der Waals surface area contributed by atoms with Crippen molar-refractivity contribution in [1.82, 2.24) is 15.5 Å². The number of hydrogen-bond donors (Lipinski definition) is 2. The van der Waals surface area contributed by atoms with Crippen LogP contribution in [0.1, 0.15) is 106 Å². The van der Waals surface area contributed by atoms with Gasteiger partial charge in [0.15, 0.2) is 0 Å². The molecule has 2 aliphatic rings. The van der Waals surface area contributed by atoms with E-state index in [1.165, 1.54) is 25.7 Å². The average molecular weight is 484 g/mol. The Morgan fingerprint density at radius 3 is 2.17 bits per heavy atom. The molecule has 1 aromatic rings. The van der Waals surface area contributed by atoms with Crippen LogP contribution in [0.5, 0.6) is 0 Å². The Kier molecular flexibility index (Phi) is 11.1. The maximum Gasteiger partial charge on any atom is 0.251 e. The van der Waals surface area contributed by atoms with E-state index in [0.717, 1.165) is 56.9 Å². The highest BCUT2D eigenvalue weighted by molar-refractivity contribution is 5.95. The summed E-state index contributed by atoms with van der Waals surface area (Å²) in [5.41, 5.74) is 1.65. The van der Waals surface area contributed by atoms with Crippen LogP contribution in [0.15, 0.2) is 24.3 Å². The van der Waals surface area contributed by atoms with Crippen LogP contribution in [0.4, 0.5) is 0 Å². The summed E-state index contributed by atoms with van der Waals surface area (Å²) in [6.07, 6.45) is 13.1. The second-order valence-electron chi connectivity index (χ2n) is 10.5. The van der Waals surface area contributed by atoms with Crippen molar-refractivity contribution in [3.05, 3.63) is 35.4 Å². The Morgan fingerprint density at radius 2 is 1.49 bits per heavy atom. The van der Waals surface area contributed by atoms with Gasteiger partial charge in [-0.2, -0.15) is 0 Å². The number of carbonyl (C=O) groups is 3. The molecule has 6 nitrogen and oxygen atoms in total. The van der Waals surface area contributed by atoms with Crippen LogP contribution in [-0.2, 0) is 9.59 Å². The van der Waals surface area contributed by atoms with Crippen LogP contribution in [0.2, 0.25) is 0 Å². The Morgan fingerprint density at radius 1 is 0.857 bits per heavy atom. The minimum Gasteiger partial charge on any atom is -0.351 e. The fourth-order valence-electron chi connectivity index (χ4n) is 5.46. The van der Waals surface area contributed by atoms with Gasteiger partial charge in [-0.15, -0.1) is 0 Å². The topological polar surface area (TPSA) is 78.5 Å². The Bertz CT molecular complexity index is 832. The number of hydrogen-bond acceptors (Lipinski definition) is 3. The lowest BCUT2D eigenvalue weighted by atomic mass is 9.88. The maximum absolute atomic E-state index is 13.1. The Balaban J connectivity index is 1.42. The Labute approximate surface area is 211 Å². The van der Waals surface area contributed by atoms with Crippen LogP contribution >= 0.6 is 0 Å². The zero-order valence-electron chi connectivity index (χ0n) is 21.8. The molecule has 1 saturated heterocycles. The first kappa shape index (κ1) is 27.2. The number of nitrogens with one attached hydrogen (secondary N) is 2. The number of aryl methyl sites for hydroxylation is 1. The molecule has 2 atom stereocenters. The lowest BCUT2D eigenvalue weighted by molar-refractivity contribution is -0.136. The largest absolute Gasteiger partial charge is 0.351 e. The average Bonchev–Trinajstić information content (AvgIpc) is 2.87. The van der Waals surface area contributed by atoms with E-state index in [1.54, 1.807) is 0 Å². The van der Waals surface area contributed by atoms with Crippen molar-refractivity contribution in [2.75, 3.05) is 13.1 Å². The lowest BCUT2D eigenvalue weighted by Crippen LogP contribution is -2.55. The molecule has 0 aromatic heterocycles. The molecule has 1 aliphatic heterocycles. The first-order valence-corrected chi connectivity index (χ1v) is 13.9. The fraction of sp³-hybridized carbons (Fsp3) is 0.690. The first-order valence-electron chi connectivity index (χ1n) is 13.9. The molecule has 0 radical (unpaired) electrons. The van der Waals surface area contributed by atoms with Crippen LogP contribution in [0.25, 0.3) is 0 Å². The molecular weight excluding hydrogens is 438 g/mol. The van der Waals surface area contributed by atoms with E-state index in [2.05, 4.69) is 17.6 Å². The van der Waals surface area contributed by atoms with Gasteiger partial charge in [-0.25, -0.2) is 0 Å². The number of amides is 3. The standard InChI is InChI=1S/C29H45N3O3/c1-3-4-5-6-7-8-17-27(33)32-20-18-23(19-21-32)28(34)30-25-15-11-12-16-26(25)31-29(35)24-14-10-9-13-22(24)2/h9-10,13-14,23,25-26H,3-8,11-12,15-21H2,1-2H3,(H,30,34)(H,31,35)/t25-,26-/m1/s1. The molecule has 0 unspecified atom stereocenters. The normalized spacial score (nSPS) is 20.9. The number of benzene rings is 1. The van der Waals surface area contributed by atoms with Gasteiger partial charge in [-0.05, 0) is 50.7 Å². The smallest absolute Gasteiger partial charge is 0.251 e. The van der Waals surface area contributed by atoms with Crippen molar-refractivity contribution in [2.45, 2.75) is 109 Å². The zero-order chi connectivity index (χ0) is 25.0. The van der Waals surface area contributed by atoms with Crippen LogP contribution in [0.3, 0.4) is 0 Å². The quantitative estimate of drug-likeness (QED) is 0.428. The van der Waals surface area contributed by atoms with Gasteiger partial charge in [0.2, 0.25) is 11.8 Å². The molecule has 35 heavy (non-hydrogen) atoms.